The van der Waals surface area contributed by atoms with Gasteiger partial charge in [-0.1, -0.05) is 54.1 Å². The van der Waals surface area contributed by atoms with Crippen LogP contribution in [0.4, 0.5) is 5.88 Å². The maximum atomic E-state index is 9.47. The number of oxazole rings is 1. The van der Waals surface area contributed by atoms with Crippen molar-refractivity contribution in [2.24, 2.45) is 0 Å². The van der Waals surface area contributed by atoms with Crippen molar-refractivity contribution >= 4 is 17.5 Å². The Labute approximate surface area is 174 Å². The molecule has 4 rings (SSSR count). The van der Waals surface area contributed by atoms with E-state index >= 15 is 0 Å². The minimum Gasteiger partial charge on any atom is -0.482 e. The van der Waals surface area contributed by atoms with E-state index in [0.29, 0.717) is 28.2 Å². The molecule has 0 saturated carbocycles. The Morgan fingerprint density at radius 2 is 1.83 bits per heavy atom. The van der Waals surface area contributed by atoms with E-state index in [2.05, 4.69) is 40.2 Å². The molecule has 1 aliphatic rings. The summed E-state index contributed by atoms with van der Waals surface area (Å²) < 4.78 is 11.6. The molecule has 0 atom stereocenters. The molecule has 3 aromatic rings. The predicted octanol–water partition coefficient (Wildman–Crippen LogP) is 2.68. The molecule has 1 aromatic heterocycles. The van der Waals surface area contributed by atoms with Crippen LogP contribution in [0.1, 0.15) is 17.1 Å². The molecule has 6 nitrogen and oxygen atoms in total. The number of aromatic nitrogens is 1. The number of nitriles is 1. The van der Waals surface area contributed by atoms with Crippen LogP contribution < -0.4 is 14.5 Å². The first-order valence-corrected chi connectivity index (χ1v) is 10.0. The molecule has 0 amide bonds. The number of piperazine rings is 1. The first-order valence-electron chi connectivity index (χ1n) is 9.62. The summed E-state index contributed by atoms with van der Waals surface area (Å²) in [5.41, 5.74) is 1.64. The highest BCUT2D eigenvalue weighted by Crippen LogP contribution is 2.26. The number of hydrogen-bond acceptors (Lipinski definition) is 5. The summed E-state index contributed by atoms with van der Waals surface area (Å²) in [5.74, 6) is 1.46. The maximum Gasteiger partial charge on any atom is 0.236 e. The third-order valence-corrected chi connectivity index (χ3v) is 5.31. The number of quaternary nitrogens is 1. The molecule has 0 bridgehead atoms. The van der Waals surface area contributed by atoms with Gasteiger partial charge in [-0.15, -0.1) is 0 Å². The highest BCUT2D eigenvalue weighted by Gasteiger charge is 2.26. The number of para-hydroxylation sites is 1. The number of benzene rings is 2. The van der Waals surface area contributed by atoms with Crippen molar-refractivity contribution in [3.8, 4) is 11.8 Å². The highest BCUT2D eigenvalue weighted by molar-refractivity contribution is 6.32. The van der Waals surface area contributed by atoms with Gasteiger partial charge in [0, 0.05) is 5.56 Å². The summed E-state index contributed by atoms with van der Waals surface area (Å²) in [6, 6.07) is 19.9. The molecule has 7 heteroatoms. The van der Waals surface area contributed by atoms with Crippen molar-refractivity contribution in [1.82, 2.24) is 4.98 Å². The van der Waals surface area contributed by atoms with Crippen LogP contribution in [0.5, 0.6) is 5.75 Å². The molecule has 1 fully saturated rings. The standard InChI is InChI=1S/C22H21ClN4O2/c23-18-8-4-5-9-20(18)28-16-21-25-19(14-24)22(29-21)27-12-10-26(11-13-27)15-17-6-2-1-3-7-17/h1-9H,10-13,15-16H2/p+1. The van der Waals surface area contributed by atoms with E-state index in [0.717, 1.165) is 32.7 Å². The molecular weight excluding hydrogens is 388 g/mol. The number of ether oxygens (including phenoxy) is 1. The molecule has 0 unspecified atom stereocenters. The first-order chi connectivity index (χ1) is 14.2. The van der Waals surface area contributed by atoms with E-state index in [-0.39, 0.29) is 6.61 Å². The summed E-state index contributed by atoms with van der Waals surface area (Å²) in [6.07, 6.45) is 0. The Morgan fingerprint density at radius 3 is 2.55 bits per heavy atom. The summed E-state index contributed by atoms with van der Waals surface area (Å²) in [6.45, 7) is 4.72. The van der Waals surface area contributed by atoms with E-state index < -0.39 is 0 Å². The molecule has 2 heterocycles. The Kier molecular flexibility index (Phi) is 5.99. The van der Waals surface area contributed by atoms with Gasteiger partial charge in [-0.2, -0.15) is 10.2 Å². The van der Waals surface area contributed by atoms with Crippen LogP contribution in [0.15, 0.2) is 59.0 Å². The lowest BCUT2D eigenvalue weighted by Gasteiger charge is -2.31. The molecule has 0 radical (unpaired) electrons. The van der Waals surface area contributed by atoms with Gasteiger partial charge in [-0.25, -0.2) is 0 Å². The third-order valence-electron chi connectivity index (χ3n) is 5.00. The van der Waals surface area contributed by atoms with Crippen LogP contribution in [0.25, 0.3) is 0 Å². The van der Waals surface area contributed by atoms with E-state index in [1.165, 1.54) is 10.5 Å². The molecule has 0 aliphatic carbocycles. The fourth-order valence-electron chi connectivity index (χ4n) is 3.49. The summed E-state index contributed by atoms with van der Waals surface area (Å²) in [4.78, 5) is 7.91. The van der Waals surface area contributed by atoms with Crippen LogP contribution in [-0.2, 0) is 13.2 Å². The Morgan fingerprint density at radius 1 is 1.10 bits per heavy atom. The van der Waals surface area contributed by atoms with Crippen molar-refractivity contribution < 1.29 is 14.1 Å². The van der Waals surface area contributed by atoms with Gasteiger partial charge in [0.05, 0.1) is 31.2 Å². The number of hydrogen-bond donors (Lipinski definition) is 1. The molecule has 2 aromatic carbocycles. The summed E-state index contributed by atoms with van der Waals surface area (Å²) in [7, 11) is 0. The Bertz CT molecular complexity index is 992. The number of anilines is 1. The summed E-state index contributed by atoms with van der Waals surface area (Å²) >= 11 is 6.11. The normalized spacial score (nSPS) is 14.6. The quantitative estimate of drug-likeness (QED) is 0.678. The number of nitrogens with zero attached hydrogens (tertiary/aromatic N) is 3. The fraction of sp³-hybridized carbons (Fsp3) is 0.273. The lowest BCUT2D eigenvalue weighted by molar-refractivity contribution is -0.914. The molecule has 148 valence electrons. The largest absolute Gasteiger partial charge is 0.482 e. The Hall–Kier alpha value is -3.01. The van der Waals surface area contributed by atoms with Crippen LogP contribution in [0, 0.1) is 11.3 Å². The molecule has 0 spiro atoms. The highest BCUT2D eigenvalue weighted by atomic mass is 35.5. The maximum absolute atomic E-state index is 9.47. The van der Waals surface area contributed by atoms with Crippen molar-refractivity contribution in [3.05, 3.63) is 76.8 Å². The van der Waals surface area contributed by atoms with E-state index in [9.17, 15) is 5.26 Å². The SMILES string of the molecule is N#Cc1nc(COc2ccccc2Cl)oc1N1CC[NH+](Cc2ccccc2)CC1. The lowest BCUT2D eigenvalue weighted by Crippen LogP contribution is -3.13. The Balaban J connectivity index is 1.37. The second-order valence-electron chi connectivity index (χ2n) is 6.99. The van der Waals surface area contributed by atoms with E-state index in [4.69, 9.17) is 20.8 Å². The van der Waals surface area contributed by atoms with Crippen molar-refractivity contribution in [2.45, 2.75) is 13.2 Å². The number of halogens is 1. The lowest BCUT2D eigenvalue weighted by atomic mass is 10.2. The average molecular weight is 410 g/mol. The van der Waals surface area contributed by atoms with Gasteiger partial charge in [-0.05, 0) is 12.1 Å². The predicted molar refractivity (Wildman–Crippen MR) is 110 cm³/mol. The first kappa shape index (κ1) is 19.3. The second-order valence-corrected chi connectivity index (χ2v) is 7.40. The van der Waals surface area contributed by atoms with Gasteiger partial charge in [0.2, 0.25) is 17.5 Å². The minimum atomic E-state index is 0.123. The van der Waals surface area contributed by atoms with Gasteiger partial charge in [-0.3, -0.25) is 0 Å². The van der Waals surface area contributed by atoms with E-state index in [1.54, 1.807) is 12.1 Å². The molecule has 1 N–H and O–H groups in total. The smallest absolute Gasteiger partial charge is 0.236 e. The zero-order valence-electron chi connectivity index (χ0n) is 16.0. The van der Waals surface area contributed by atoms with Crippen LogP contribution >= 0.6 is 11.6 Å². The molecule has 29 heavy (non-hydrogen) atoms. The summed E-state index contributed by atoms with van der Waals surface area (Å²) in [5, 5.41) is 10.00. The zero-order chi connectivity index (χ0) is 20.1. The molecular formula is C22H22ClN4O2+. The monoisotopic (exact) mass is 409 g/mol. The van der Waals surface area contributed by atoms with Gasteiger partial charge < -0.3 is 19.0 Å². The van der Waals surface area contributed by atoms with Crippen LogP contribution in [-0.4, -0.2) is 31.2 Å². The fourth-order valence-corrected chi connectivity index (χ4v) is 3.68. The number of rotatable bonds is 6. The van der Waals surface area contributed by atoms with Crippen molar-refractivity contribution in [2.75, 3.05) is 31.1 Å². The van der Waals surface area contributed by atoms with E-state index in [1.807, 2.05) is 18.2 Å². The van der Waals surface area contributed by atoms with Crippen molar-refractivity contribution in [1.29, 1.82) is 5.26 Å². The second kappa shape index (κ2) is 8.99. The van der Waals surface area contributed by atoms with Crippen LogP contribution in [0.2, 0.25) is 5.02 Å². The number of nitrogens with one attached hydrogen (secondary N) is 1. The minimum absolute atomic E-state index is 0.123. The average Bonchev–Trinajstić information content (AvgIpc) is 3.18. The van der Waals surface area contributed by atoms with Crippen LogP contribution in [0.3, 0.4) is 0 Å². The van der Waals surface area contributed by atoms with Crippen molar-refractivity contribution in [3.63, 3.8) is 0 Å². The molecule has 1 aliphatic heterocycles. The topological polar surface area (TPSA) is 66.7 Å². The molecule has 1 saturated heterocycles. The van der Waals surface area contributed by atoms with Gasteiger partial charge >= 0.3 is 0 Å². The van der Waals surface area contributed by atoms with Gasteiger partial charge in [0.1, 0.15) is 18.4 Å². The third kappa shape index (κ3) is 4.70. The zero-order valence-corrected chi connectivity index (χ0v) is 16.7. The van der Waals surface area contributed by atoms with Gasteiger partial charge in [0.25, 0.3) is 0 Å². The van der Waals surface area contributed by atoms with Gasteiger partial charge in [0.15, 0.2) is 6.61 Å².